The molecule has 5 heteroatoms. The lowest BCUT2D eigenvalue weighted by molar-refractivity contribution is -0.136. The highest BCUT2D eigenvalue weighted by Crippen LogP contribution is 2.38. The molecule has 3 rings (SSSR count). The van der Waals surface area contributed by atoms with Crippen LogP contribution in [0.25, 0.3) is 22.0 Å². The van der Waals surface area contributed by atoms with E-state index < -0.39 is 5.97 Å². The van der Waals surface area contributed by atoms with Crippen molar-refractivity contribution in [2.45, 2.75) is 32.6 Å². The second-order valence-corrected chi connectivity index (χ2v) is 6.60. The van der Waals surface area contributed by atoms with Gasteiger partial charge >= 0.3 is 5.97 Å². The van der Waals surface area contributed by atoms with Gasteiger partial charge < -0.3 is 10.2 Å². The first-order chi connectivity index (χ1) is 12.4. The number of aryl methyl sites for hydroxylation is 1. The highest BCUT2D eigenvalue weighted by Gasteiger charge is 2.20. The molecule has 26 heavy (non-hydrogen) atoms. The van der Waals surface area contributed by atoms with E-state index >= 15 is 0 Å². The molecule has 0 radical (unpaired) electrons. The van der Waals surface area contributed by atoms with Crippen molar-refractivity contribution in [2.75, 3.05) is 0 Å². The standard InChI is InChI=1S/C21H20FNO3/c1-12(2)20-17(9-10-19(25)26)23-18-11-15(24)7-8-16(18)21(20)13-3-5-14(22)6-4-13/h3-8,11-12,24H,9-10H2,1-2H3,(H,25,26). The molecule has 2 N–H and O–H groups in total. The number of aromatic nitrogens is 1. The minimum Gasteiger partial charge on any atom is -0.508 e. The Kier molecular flexibility index (Phi) is 4.89. The van der Waals surface area contributed by atoms with Crippen LogP contribution < -0.4 is 0 Å². The lowest BCUT2D eigenvalue weighted by Crippen LogP contribution is -2.07. The Morgan fingerprint density at radius 1 is 1.15 bits per heavy atom. The summed E-state index contributed by atoms with van der Waals surface area (Å²) in [5.74, 6) is -1.01. The summed E-state index contributed by atoms with van der Waals surface area (Å²) in [4.78, 5) is 15.7. The van der Waals surface area contributed by atoms with Crippen LogP contribution in [0.1, 0.15) is 37.4 Å². The van der Waals surface area contributed by atoms with Gasteiger partial charge in [0.2, 0.25) is 0 Å². The van der Waals surface area contributed by atoms with Crippen LogP contribution in [0.4, 0.5) is 4.39 Å². The first-order valence-electron chi connectivity index (χ1n) is 8.50. The fraction of sp³-hybridized carbons (Fsp3) is 0.238. The van der Waals surface area contributed by atoms with Gasteiger partial charge in [-0.05, 0) is 46.9 Å². The van der Waals surface area contributed by atoms with E-state index in [4.69, 9.17) is 5.11 Å². The number of carbonyl (C=O) groups is 1. The van der Waals surface area contributed by atoms with E-state index in [-0.39, 0.29) is 23.9 Å². The minimum absolute atomic E-state index is 0.0279. The third-order valence-corrected chi connectivity index (χ3v) is 4.37. The maximum absolute atomic E-state index is 13.4. The number of carboxylic acid groups (broad SMARTS) is 1. The Bertz CT molecular complexity index is 965. The molecule has 2 aromatic carbocycles. The number of hydrogen-bond donors (Lipinski definition) is 2. The summed E-state index contributed by atoms with van der Waals surface area (Å²) in [6, 6.07) is 11.2. The van der Waals surface area contributed by atoms with Gasteiger partial charge in [0.15, 0.2) is 0 Å². The van der Waals surface area contributed by atoms with Crippen molar-refractivity contribution in [1.82, 2.24) is 4.98 Å². The molecule has 0 saturated heterocycles. The smallest absolute Gasteiger partial charge is 0.303 e. The molecular weight excluding hydrogens is 333 g/mol. The summed E-state index contributed by atoms with van der Waals surface area (Å²) < 4.78 is 13.4. The van der Waals surface area contributed by atoms with E-state index in [0.717, 1.165) is 22.1 Å². The molecule has 0 aliphatic rings. The first kappa shape index (κ1) is 17.9. The summed E-state index contributed by atoms with van der Waals surface area (Å²) in [5.41, 5.74) is 3.99. The Labute approximate surface area is 150 Å². The number of aliphatic carboxylic acids is 1. The largest absolute Gasteiger partial charge is 0.508 e. The van der Waals surface area contributed by atoms with Crippen molar-refractivity contribution >= 4 is 16.9 Å². The van der Waals surface area contributed by atoms with Gasteiger partial charge in [0.05, 0.1) is 11.9 Å². The van der Waals surface area contributed by atoms with Crippen molar-refractivity contribution in [1.29, 1.82) is 0 Å². The van der Waals surface area contributed by atoms with E-state index in [9.17, 15) is 14.3 Å². The van der Waals surface area contributed by atoms with Crippen LogP contribution in [-0.2, 0) is 11.2 Å². The number of aromatic hydroxyl groups is 1. The van der Waals surface area contributed by atoms with Crippen LogP contribution in [-0.4, -0.2) is 21.2 Å². The quantitative estimate of drug-likeness (QED) is 0.685. The Hall–Kier alpha value is -2.95. The molecule has 4 nitrogen and oxygen atoms in total. The van der Waals surface area contributed by atoms with Gasteiger partial charge in [-0.2, -0.15) is 0 Å². The second kappa shape index (κ2) is 7.12. The normalized spacial score (nSPS) is 11.2. The Morgan fingerprint density at radius 3 is 2.46 bits per heavy atom. The van der Waals surface area contributed by atoms with Gasteiger partial charge in [-0.1, -0.05) is 26.0 Å². The second-order valence-electron chi connectivity index (χ2n) is 6.60. The molecule has 1 aromatic heterocycles. The number of fused-ring (bicyclic) bond motifs is 1. The zero-order valence-electron chi connectivity index (χ0n) is 14.7. The highest BCUT2D eigenvalue weighted by molar-refractivity contribution is 5.97. The van der Waals surface area contributed by atoms with Gasteiger partial charge in [0.1, 0.15) is 11.6 Å². The summed E-state index contributed by atoms with van der Waals surface area (Å²) in [7, 11) is 0. The SMILES string of the molecule is CC(C)c1c(CCC(=O)O)nc2cc(O)ccc2c1-c1ccc(F)cc1. The zero-order valence-corrected chi connectivity index (χ0v) is 14.7. The van der Waals surface area contributed by atoms with Crippen molar-refractivity contribution in [2.24, 2.45) is 0 Å². The minimum atomic E-state index is -0.888. The molecule has 0 bridgehead atoms. The average Bonchev–Trinajstić information content (AvgIpc) is 2.59. The van der Waals surface area contributed by atoms with Crippen molar-refractivity contribution in [3.63, 3.8) is 0 Å². The fourth-order valence-corrected chi connectivity index (χ4v) is 3.28. The van der Waals surface area contributed by atoms with E-state index in [1.807, 2.05) is 13.8 Å². The number of rotatable bonds is 5. The molecule has 0 aliphatic carbocycles. The van der Waals surface area contributed by atoms with Crippen LogP contribution in [0.5, 0.6) is 5.75 Å². The molecule has 134 valence electrons. The number of hydrogen-bond acceptors (Lipinski definition) is 3. The first-order valence-corrected chi connectivity index (χ1v) is 8.50. The van der Waals surface area contributed by atoms with E-state index in [2.05, 4.69) is 4.98 Å². The molecule has 0 atom stereocenters. The monoisotopic (exact) mass is 353 g/mol. The van der Waals surface area contributed by atoms with Gasteiger partial charge in [0.25, 0.3) is 0 Å². The maximum atomic E-state index is 13.4. The molecule has 0 amide bonds. The lowest BCUT2D eigenvalue weighted by atomic mass is 9.87. The summed E-state index contributed by atoms with van der Waals surface area (Å²) in [6.45, 7) is 4.06. The van der Waals surface area contributed by atoms with E-state index in [0.29, 0.717) is 17.6 Å². The number of phenolic OH excluding ortho intramolecular Hbond substituents is 1. The number of carboxylic acids is 1. The van der Waals surface area contributed by atoms with E-state index in [1.165, 1.54) is 12.1 Å². The number of halogens is 1. The molecule has 0 fully saturated rings. The highest BCUT2D eigenvalue weighted by atomic mass is 19.1. The summed E-state index contributed by atoms with van der Waals surface area (Å²) >= 11 is 0. The molecule has 0 unspecified atom stereocenters. The van der Waals surface area contributed by atoms with Crippen molar-refractivity contribution in [3.8, 4) is 16.9 Å². The summed E-state index contributed by atoms with van der Waals surface area (Å²) in [5, 5.41) is 19.7. The lowest BCUT2D eigenvalue weighted by Gasteiger charge is -2.20. The number of benzene rings is 2. The summed E-state index contributed by atoms with van der Waals surface area (Å²) in [6.07, 6.45) is 0.266. The van der Waals surface area contributed by atoms with Gasteiger partial charge in [-0.3, -0.25) is 9.78 Å². The molecule has 0 saturated carbocycles. The van der Waals surface area contributed by atoms with Crippen LogP contribution in [0.2, 0.25) is 0 Å². The molecule has 3 aromatic rings. The third kappa shape index (κ3) is 3.52. The predicted octanol–water partition coefficient (Wildman–Crippen LogP) is 4.89. The van der Waals surface area contributed by atoms with Crippen LogP contribution >= 0.6 is 0 Å². The van der Waals surface area contributed by atoms with Gasteiger partial charge in [-0.15, -0.1) is 0 Å². The topological polar surface area (TPSA) is 70.4 Å². The Balaban J connectivity index is 2.34. The number of phenols is 1. The number of pyridine rings is 1. The van der Waals surface area contributed by atoms with E-state index in [1.54, 1.807) is 30.3 Å². The van der Waals surface area contributed by atoms with Crippen molar-refractivity contribution < 1.29 is 19.4 Å². The van der Waals surface area contributed by atoms with Gasteiger partial charge in [-0.25, -0.2) is 4.39 Å². The maximum Gasteiger partial charge on any atom is 0.303 e. The number of nitrogens with zero attached hydrogens (tertiary/aromatic N) is 1. The van der Waals surface area contributed by atoms with Crippen LogP contribution in [0, 0.1) is 5.82 Å². The third-order valence-electron chi connectivity index (χ3n) is 4.37. The van der Waals surface area contributed by atoms with Crippen molar-refractivity contribution in [3.05, 3.63) is 59.5 Å². The molecular formula is C21H20FNO3. The fourth-order valence-electron chi connectivity index (χ4n) is 3.28. The molecule has 0 aliphatic heterocycles. The zero-order chi connectivity index (χ0) is 18.8. The average molecular weight is 353 g/mol. The Morgan fingerprint density at radius 2 is 1.85 bits per heavy atom. The van der Waals surface area contributed by atoms with Crippen LogP contribution in [0.3, 0.4) is 0 Å². The molecule has 1 heterocycles. The molecule has 0 spiro atoms. The van der Waals surface area contributed by atoms with Gasteiger partial charge in [0, 0.05) is 23.6 Å². The predicted molar refractivity (Wildman–Crippen MR) is 98.8 cm³/mol. The van der Waals surface area contributed by atoms with Crippen LogP contribution in [0.15, 0.2) is 42.5 Å².